The predicted molar refractivity (Wildman–Crippen MR) is 132 cm³/mol. The number of rotatable bonds is 7. The zero-order chi connectivity index (χ0) is 25.3. The Labute approximate surface area is 212 Å². The Kier molecular flexibility index (Phi) is 6.50. The van der Waals surface area contributed by atoms with Crippen LogP contribution in [0.2, 0.25) is 5.02 Å². The van der Waals surface area contributed by atoms with Crippen LogP contribution in [0.15, 0.2) is 60.2 Å². The molecule has 2 aromatic carbocycles. The molecule has 12 heteroatoms. The number of halogens is 4. The number of aromatic nitrogens is 5. The Bertz CT molecular complexity index is 1500. The maximum atomic E-state index is 12.8. The lowest BCUT2D eigenvalue weighted by atomic mass is 10.1. The van der Waals surface area contributed by atoms with Gasteiger partial charge >= 0.3 is 12.2 Å². The van der Waals surface area contributed by atoms with Crippen molar-refractivity contribution in [1.29, 1.82) is 0 Å². The standard InChI is InChI=1S/C24H18ClF3N6OS/c1-34-19-8-15(9-21-33-20(13-36-21)24(26,27)28)4-7-18(19)32-22(34)29-10-14-2-5-17(6-3-14)35-23-30-11-16(25)12-31-23/h2-8,11-13H,9-10H2,1H3,(H,29,32). The quantitative estimate of drug-likeness (QED) is 0.259. The Morgan fingerprint density at radius 3 is 2.44 bits per heavy atom. The highest BCUT2D eigenvalue weighted by atomic mass is 35.5. The van der Waals surface area contributed by atoms with Crippen LogP contribution in [-0.2, 0) is 26.2 Å². The fourth-order valence-corrected chi connectivity index (χ4v) is 4.45. The van der Waals surface area contributed by atoms with Crippen LogP contribution < -0.4 is 10.1 Å². The van der Waals surface area contributed by atoms with Crippen LogP contribution in [0.4, 0.5) is 19.1 Å². The molecule has 3 heterocycles. The van der Waals surface area contributed by atoms with Gasteiger partial charge in [0.15, 0.2) is 5.69 Å². The maximum Gasteiger partial charge on any atom is 0.434 e. The van der Waals surface area contributed by atoms with E-state index < -0.39 is 11.9 Å². The van der Waals surface area contributed by atoms with E-state index in [0.717, 1.165) is 38.9 Å². The van der Waals surface area contributed by atoms with Crippen molar-refractivity contribution in [1.82, 2.24) is 24.5 Å². The molecule has 0 bridgehead atoms. The van der Waals surface area contributed by atoms with Gasteiger partial charge in [-0.05, 0) is 35.4 Å². The van der Waals surface area contributed by atoms with Gasteiger partial charge in [0.25, 0.3) is 0 Å². The second-order valence-electron chi connectivity index (χ2n) is 7.90. The minimum Gasteiger partial charge on any atom is -0.424 e. The van der Waals surface area contributed by atoms with E-state index in [2.05, 4.69) is 25.3 Å². The summed E-state index contributed by atoms with van der Waals surface area (Å²) in [6.07, 6.45) is -1.19. The van der Waals surface area contributed by atoms with E-state index in [1.807, 2.05) is 54.1 Å². The number of nitrogens with zero attached hydrogens (tertiary/aromatic N) is 5. The van der Waals surface area contributed by atoms with Crippen molar-refractivity contribution >= 4 is 39.9 Å². The molecule has 0 amide bonds. The van der Waals surface area contributed by atoms with Crippen LogP contribution in [0.5, 0.6) is 11.8 Å². The summed E-state index contributed by atoms with van der Waals surface area (Å²) in [7, 11) is 1.88. The average Bonchev–Trinajstić information content (AvgIpc) is 3.45. The van der Waals surface area contributed by atoms with Crippen molar-refractivity contribution in [3.05, 3.63) is 87.1 Å². The molecule has 36 heavy (non-hydrogen) atoms. The highest BCUT2D eigenvalue weighted by Gasteiger charge is 2.33. The molecule has 5 aromatic rings. The van der Waals surface area contributed by atoms with Crippen molar-refractivity contribution in [2.24, 2.45) is 7.05 Å². The first kappa shape index (κ1) is 24.0. The van der Waals surface area contributed by atoms with Crippen LogP contribution in [-0.4, -0.2) is 24.5 Å². The van der Waals surface area contributed by atoms with E-state index in [9.17, 15) is 13.2 Å². The predicted octanol–water partition coefficient (Wildman–Crippen LogP) is 6.49. The summed E-state index contributed by atoms with van der Waals surface area (Å²) in [6, 6.07) is 13.3. The SMILES string of the molecule is Cn1c(NCc2ccc(Oc3ncc(Cl)cn3)cc2)nc2ccc(Cc3nc(C(F)(F)F)cs3)cc21. The molecule has 0 saturated carbocycles. The van der Waals surface area contributed by atoms with Crippen LogP contribution in [0.3, 0.4) is 0 Å². The highest BCUT2D eigenvalue weighted by Crippen LogP contribution is 2.31. The number of hydrogen-bond acceptors (Lipinski definition) is 7. The number of benzene rings is 2. The normalized spacial score (nSPS) is 11.7. The molecule has 0 spiro atoms. The second-order valence-corrected chi connectivity index (χ2v) is 9.28. The number of ether oxygens (including phenoxy) is 1. The third-order valence-corrected chi connectivity index (χ3v) is 6.37. The molecule has 3 aromatic heterocycles. The van der Waals surface area contributed by atoms with Gasteiger partial charge in [0.05, 0.1) is 33.5 Å². The van der Waals surface area contributed by atoms with Gasteiger partial charge in [-0.3, -0.25) is 0 Å². The number of hydrogen-bond donors (Lipinski definition) is 1. The number of alkyl halides is 3. The fraction of sp³-hybridized carbons (Fsp3) is 0.167. The summed E-state index contributed by atoms with van der Waals surface area (Å²) < 4.78 is 46.0. The lowest BCUT2D eigenvalue weighted by Crippen LogP contribution is -2.05. The molecule has 0 aliphatic heterocycles. The van der Waals surface area contributed by atoms with E-state index in [4.69, 9.17) is 16.3 Å². The van der Waals surface area contributed by atoms with Crippen LogP contribution in [0.1, 0.15) is 21.8 Å². The van der Waals surface area contributed by atoms with Crippen molar-refractivity contribution in [2.45, 2.75) is 19.1 Å². The third-order valence-electron chi connectivity index (χ3n) is 5.32. The number of anilines is 1. The molecule has 0 fully saturated rings. The van der Waals surface area contributed by atoms with E-state index in [0.29, 0.717) is 34.7 Å². The van der Waals surface area contributed by atoms with Crippen molar-refractivity contribution in [3.63, 3.8) is 0 Å². The molecule has 0 aliphatic rings. The smallest absolute Gasteiger partial charge is 0.424 e. The molecule has 0 radical (unpaired) electrons. The molecule has 5 rings (SSSR count). The van der Waals surface area contributed by atoms with Gasteiger partial charge in [-0.15, -0.1) is 11.3 Å². The molecule has 7 nitrogen and oxygen atoms in total. The van der Waals surface area contributed by atoms with Gasteiger partial charge in [0, 0.05) is 25.4 Å². The van der Waals surface area contributed by atoms with E-state index in [-0.39, 0.29) is 6.01 Å². The monoisotopic (exact) mass is 530 g/mol. The third kappa shape index (κ3) is 5.42. The summed E-state index contributed by atoms with van der Waals surface area (Å²) in [5.41, 5.74) is 2.67. The zero-order valence-electron chi connectivity index (χ0n) is 18.8. The molecule has 1 N–H and O–H groups in total. The summed E-state index contributed by atoms with van der Waals surface area (Å²) in [5.74, 6) is 1.27. The molecule has 184 valence electrons. The topological polar surface area (TPSA) is 77.8 Å². The van der Waals surface area contributed by atoms with E-state index in [1.165, 1.54) is 12.4 Å². The lowest BCUT2D eigenvalue weighted by Gasteiger charge is -2.08. The van der Waals surface area contributed by atoms with Crippen molar-refractivity contribution in [3.8, 4) is 11.8 Å². The molecule has 0 unspecified atom stereocenters. The van der Waals surface area contributed by atoms with Crippen LogP contribution in [0.25, 0.3) is 11.0 Å². The van der Waals surface area contributed by atoms with Gasteiger partial charge in [0.2, 0.25) is 5.95 Å². The Morgan fingerprint density at radius 2 is 1.75 bits per heavy atom. The summed E-state index contributed by atoms with van der Waals surface area (Å²) in [6.45, 7) is 0.529. The highest BCUT2D eigenvalue weighted by molar-refractivity contribution is 7.09. The zero-order valence-corrected chi connectivity index (χ0v) is 20.3. The number of thiazole rings is 1. The fourth-order valence-electron chi connectivity index (χ4n) is 3.52. The Morgan fingerprint density at radius 1 is 1.03 bits per heavy atom. The molecule has 0 atom stereocenters. The average molecular weight is 531 g/mol. The Hall–Kier alpha value is -3.70. The van der Waals surface area contributed by atoms with Gasteiger partial charge < -0.3 is 14.6 Å². The largest absolute Gasteiger partial charge is 0.434 e. The van der Waals surface area contributed by atoms with Gasteiger partial charge in [-0.25, -0.2) is 19.9 Å². The number of aryl methyl sites for hydroxylation is 1. The molecule has 0 saturated heterocycles. The van der Waals surface area contributed by atoms with Gasteiger partial charge in [0.1, 0.15) is 5.75 Å². The summed E-state index contributed by atoms with van der Waals surface area (Å²) in [4.78, 5) is 16.4. The number of imidazole rings is 1. The van der Waals surface area contributed by atoms with Crippen molar-refractivity contribution in [2.75, 3.05) is 5.32 Å². The maximum absolute atomic E-state index is 12.8. The minimum absolute atomic E-state index is 0.208. The first-order chi connectivity index (χ1) is 17.2. The first-order valence-electron chi connectivity index (χ1n) is 10.7. The van der Waals surface area contributed by atoms with Crippen LogP contribution in [0, 0.1) is 0 Å². The molecular formula is C24H18ClF3N6OS. The first-order valence-corrected chi connectivity index (χ1v) is 12.0. The van der Waals surface area contributed by atoms with Crippen molar-refractivity contribution < 1.29 is 17.9 Å². The van der Waals surface area contributed by atoms with Gasteiger partial charge in [-0.2, -0.15) is 13.2 Å². The second kappa shape index (κ2) is 9.75. The number of fused-ring (bicyclic) bond motifs is 1. The van der Waals surface area contributed by atoms with Crippen LogP contribution >= 0.6 is 22.9 Å². The lowest BCUT2D eigenvalue weighted by molar-refractivity contribution is -0.140. The number of nitrogens with one attached hydrogen (secondary N) is 1. The molecule has 0 aliphatic carbocycles. The van der Waals surface area contributed by atoms with E-state index >= 15 is 0 Å². The Balaban J connectivity index is 1.24. The van der Waals surface area contributed by atoms with E-state index in [1.54, 1.807) is 0 Å². The minimum atomic E-state index is -4.43. The summed E-state index contributed by atoms with van der Waals surface area (Å²) in [5, 5.41) is 5.21. The molecular weight excluding hydrogens is 513 g/mol. The summed E-state index contributed by atoms with van der Waals surface area (Å²) >= 11 is 6.79. The van der Waals surface area contributed by atoms with Gasteiger partial charge in [-0.1, -0.05) is 29.8 Å².